The highest BCUT2D eigenvalue weighted by atomic mass is 15.0. The molecule has 1 saturated heterocycles. The summed E-state index contributed by atoms with van der Waals surface area (Å²) in [6.07, 6.45) is 1.70. The average Bonchev–Trinajstić information content (AvgIpc) is 2.80. The molecule has 4 nitrogen and oxygen atoms in total. The highest BCUT2D eigenvalue weighted by Gasteiger charge is 1.91. The van der Waals surface area contributed by atoms with Crippen LogP contribution in [0.3, 0.4) is 0 Å². The predicted octanol–water partition coefficient (Wildman–Crippen LogP) is 0.742. The number of hydrogen-bond donors (Lipinski definition) is 3. The minimum absolute atomic E-state index is 1.03. The quantitative estimate of drug-likeness (QED) is 0.593. The Bertz CT molecular complexity index is 350. The molecule has 15 heavy (non-hydrogen) atoms. The fraction of sp³-hybridized carbons (Fsp3) is 0.364. The number of nitrogens with one attached hydrogen (secondary N) is 3. The molecule has 1 aliphatic rings. The van der Waals surface area contributed by atoms with Crippen LogP contribution in [0, 0.1) is 0 Å². The lowest BCUT2D eigenvalue weighted by molar-refractivity contribution is 0.534. The van der Waals surface area contributed by atoms with E-state index < -0.39 is 0 Å². The lowest BCUT2D eigenvalue weighted by Gasteiger charge is -2.11. The third-order valence-corrected chi connectivity index (χ3v) is 2.28. The van der Waals surface area contributed by atoms with Crippen LogP contribution in [0.25, 0.3) is 11.0 Å². The molecule has 1 aromatic heterocycles. The molecule has 0 spiro atoms. The second-order valence-corrected chi connectivity index (χ2v) is 3.42. The number of fused-ring (bicyclic) bond motifs is 1. The maximum absolute atomic E-state index is 4.06. The Morgan fingerprint density at radius 1 is 0.933 bits per heavy atom. The van der Waals surface area contributed by atoms with E-state index in [1.165, 1.54) is 0 Å². The molecule has 1 fully saturated rings. The summed E-state index contributed by atoms with van der Waals surface area (Å²) in [5.74, 6) is 0. The number of aromatic nitrogens is 2. The van der Waals surface area contributed by atoms with Gasteiger partial charge in [0.15, 0.2) is 0 Å². The number of H-pyrrole nitrogens is 1. The SMILES string of the molecule is C1CNCCN1.c1ccc2[nH]cnc2c1. The number of nitrogens with zero attached hydrogens (tertiary/aromatic N) is 1. The van der Waals surface area contributed by atoms with Gasteiger partial charge in [-0.3, -0.25) is 0 Å². The zero-order valence-corrected chi connectivity index (χ0v) is 8.66. The Labute approximate surface area is 89.1 Å². The third kappa shape index (κ3) is 3.04. The first kappa shape index (κ1) is 10.1. The number of piperazine rings is 1. The van der Waals surface area contributed by atoms with E-state index in [1.54, 1.807) is 6.33 Å². The van der Waals surface area contributed by atoms with Gasteiger partial charge in [0.1, 0.15) is 0 Å². The third-order valence-electron chi connectivity index (χ3n) is 2.28. The van der Waals surface area contributed by atoms with Crippen LogP contribution in [-0.4, -0.2) is 36.1 Å². The van der Waals surface area contributed by atoms with E-state index in [0.717, 1.165) is 37.2 Å². The number of benzene rings is 1. The van der Waals surface area contributed by atoms with E-state index in [-0.39, 0.29) is 0 Å². The molecule has 0 radical (unpaired) electrons. The molecule has 0 saturated carbocycles. The van der Waals surface area contributed by atoms with Crippen LogP contribution in [0.2, 0.25) is 0 Å². The molecular formula is C11H16N4. The number of aromatic amines is 1. The van der Waals surface area contributed by atoms with Gasteiger partial charge < -0.3 is 15.6 Å². The van der Waals surface area contributed by atoms with Crippen molar-refractivity contribution in [3.05, 3.63) is 30.6 Å². The fourth-order valence-electron chi connectivity index (χ4n) is 1.48. The number of rotatable bonds is 0. The van der Waals surface area contributed by atoms with E-state index in [4.69, 9.17) is 0 Å². The van der Waals surface area contributed by atoms with Crippen molar-refractivity contribution < 1.29 is 0 Å². The van der Waals surface area contributed by atoms with Gasteiger partial charge in [-0.25, -0.2) is 4.98 Å². The van der Waals surface area contributed by atoms with Crippen molar-refractivity contribution in [2.75, 3.05) is 26.2 Å². The first-order chi connectivity index (χ1) is 7.47. The molecule has 0 amide bonds. The molecule has 0 bridgehead atoms. The lowest BCUT2D eigenvalue weighted by Crippen LogP contribution is -2.39. The van der Waals surface area contributed by atoms with Gasteiger partial charge in [0.05, 0.1) is 17.4 Å². The summed E-state index contributed by atoms with van der Waals surface area (Å²) in [6, 6.07) is 7.94. The van der Waals surface area contributed by atoms with Gasteiger partial charge in [0.2, 0.25) is 0 Å². The van der Waals surface area contributed by atoms with Crippen molar-refractivity contribution in [3.63, 3.8) is 0 Å². The molecule has 0 aliphatic carbocycles. The minimum Gasteiger partial charge on any atom is -0.345 e. The topological polar surface area (TPSA) is 52.7 Å². The molecule has 0 atom stereocenters. The van der Waals surface area contributed by atoms with E-state index in [9.17, 15) is 0 Å². The molecule has 0 unspecified atom stereocenters. The summed E-state index contributed by atoms with van der Waals surface area (Å²) in [5.41, 5.74) is 2.12. The fourth-order valence-corrected chi connectivity index (χ4v) is 1.48. The van der Waals surface area contributed by atoms with Gasteiger partial charge in [0, 0.05) is 26.2 Å². The Hall–Kier alpha value is -1.39. The first-order valence-corrected chi connectivity index (χ1v) is 5.26. The number of hydrogen-bond acceptors (Lipinski definition) is 3. The number of para-hydroxylation sites is 2. The largest absolute Gasteiger partial charge is 0.345 e. The van der Waals surface area contributed by atoms with Crippen LogP contribution in [0.4, 0.5) is 0 Å². The zero-order valence-electron chi connectivity index (χ0n) is 8.66. The monoisotopic (exact) mass is 204 g/mol. The second kappa shape index (κ2) is 5.48. The first-order valence-electron chi connectivity index (χ1n) is 5.26. The molecule has 3 rings (SSSR count). The summed E-state index contributed by atoms with van der Waals surface area (Å²) >= 11 is 0. The maximum atomic E-state index is 4.06. The summed E-state index contributed by atoms with van der Waals surface area (Å²) in [5, 5.41) is 6.44. The summed E-state index contributed by atoms with van der Waals surface area (Å²) < 4.78 is 0. The molecule has 4 heteroatoms. The smallest absolute Gasteiger partial charge is 0.0931 e. The van der Waals surface area contributed by atoms with E-state index in [0.29, 0.717) is 0 Å². The van der Waals surface area contributed by atoms with Gasteiger partial charge in [-0.05, 0) is 12.1 Å². The van der Waals surface area contributed by atoms with Crippen molar-refractivity contribution >= 4 is 11.0 Å². The molecule has 3 N–H and O–H groups in total. The average molecular weight is 204 g/mol. The van der Waals surface area contributed by atoms with Crippen LogP contribution in [0.1, 0.15) is 0 Å². The van der Waals surface area contributed by atoms with Crippen molar-refractivity contribution in [2.45, 2.75) is 0 Å². The van der Waals surface area contributed by atoms with E-state index >= 15 is 0 Å². The van der Waals surface area contributed by atoms with Gasteiger partial charge in [-0.15, -0.1) is 0 Å². The Kier molecular flexibility index (Phi) is 3.70. The van der Waals surface area contributed by atoms with Gasteiger partial charge in [-0.1, -0.05) is 12.1 Å². The molecular weight excluding hydrogens is 188 g/mol. The van der Waals surface area contributed by atoms with Crippen molar-refractivity contribution in [1.82, 2.24) is 20.6 Å². The van der Waals surface area contributed by atoms with E-state index in [1.807, 2.05) is 24.3 Å². The summed E-state index contributed by atoms with van der Waals surface area (Å²) in [6.45, 7) is 4.56. The maximum Gasteiger partial charge on any atom is 0.0931 e. The van der Waals surface area contributed by atoms with Gasteiger partial charge >= 0.3 is 0 Å². The number of imidazole rings is 1. The van der Waals surface area contributed by atoms with Crippen LogP contribution < -0.4 is 10.6 Å². The molecule has 2 heterocycles. The standard InChI is InChI=1S/C7H6N2.C4H10N2/c1-2-4-7-6(3-1)8-5-9-7;1-2-6-4-3-5-1/h1-5H,(H,8,9);5-6H,1-4H2. The van der Waals surface area contributed by atoms with E-state index in [2.05, 4.69) is 20.6 Å². The Balaban J connectivity index is 0.000000124. The molecule has 80 valence electrons. The normalized spacial score (nSPS) is 15.7. The highest BCUT2D eigenvalue weighted by molar-refractivity contribution is 5.73. The Morgan fingerprint density at radius 3 is 2.20 bits per heavy atom. The van der Waals surface area contributed by atoms with Crippen LogP contribution >= 0.6 is 0 Å². The van der Waals surface area contributed by atoms with Crippen LogP contribution in [0.5, 0.6) is 0 Å². The van der Waals surface area contributed by atoms with Gasteiger partial charge in [0.25, 0.3) is 0 Å². The summed E-state index contributed by atoms with van der Waals surface area (Å²) in [7, 11) is 0. The van der Waals surface area contributed by atoms with Crippen LogP contribution in [0.15, 0.2) is 30.6 Å². The predicted molar refractivity (Wildman–Crippen MR) is 61.8 cm³/mol. The Morgan fingerprint density at radius 2 is 1.60 bits per heavy atom. The van der Waals surface area contributed by atoms with Crippen molar-refractivity contribution in [2.24, 2.45) is 0 Å². The zero-order chi connectivity index (χ0) is 10.3. The second-order valence-electron chi connectivity index (χ2n) is 3.42. The molecule has 2 aromatic rings. The summed E-state index contributed by atoms with van der Waals surface area (Å²) in [4.78, 5) is 7.07. The van der Waals surface area contributed by atoms with Crippen molar-refractivity contribution in [1.29, 1.82) is 0 Å². The minimum atomic E-state index is 1.03. The highest BCUT2D eigenvalue weighted by Crippen LogP contribution is 2.05. The molecule has 1 aliphatic heterocycles. The van der Waals surface area contributed by atoms with Gasteiger partial charge in [-0.2, -0.15) is 0 Å². The van der Waals surface area contributed by atoms with Crippen LogP contribution in [-0.2, 0) is 0 Å². The lowest BCUT2D eigenvalue weighted by atomic mass is 10.3. The molecule has 1 aromatic carbocycles. The van der Waals surface area contributed by atoms with Crippen molar-refractivity contribution in [3.8, 4) is 0 Å².